The van der Waals surface area contributed by atoms with Crippen LogP contribution < -0.4 is 0 Å². The van der Waals surface area contributed by atoms with Gasteiger partial charge in [-0.15, -0.1) is 12.4 Å². The highest BCUT2D eigenvalue weighted by atomic mass is 35.5. The van der Waals surface area contributed by atoms with E-state index in [1.807, 2.05) is 0 Å². The molecule has 0 aliphatic carbocycles. The van der Waals surface area contributed by atoms with Gasteiger partial charge in [-0.2, -0.15) is 13.2 Å². The average Bonchev–Trinajstić information content (AvgIpc) is 2.45. The van der Waals surface area contributed by atoms with Crippen molar-refractivity contribution in [1.29, 1.82) is 0 Å². The van der Waals surface area contributed by atoms with Gasteiger partial charge < -0.3 is 0 Å². The Morgan fingerprint density at radius 3 is 2.00 bits per heavy atom. The Morgan fingerprint density at radius 2 is 1.50 bits per heavy atom. The quantitative estimate of drug-likeness (QED) is 0.516. The van der Waals surface area contributed by atoms with Gasteiger partial charge in [-0.1, -0.05) is 29.8 Å². The van der Waals surface area contributed by atoms with E-state index in [9.17, 15) is 18.0 Å². The zero-order valence-corrected chi connectivity index (χ0v) is 12.7. The highest BCUT2D eigenvalue weighted by Gasteiger charge is 2.29. The smallest absolute Gasteiger partial charge is 0.289 e. The minimum Gasteiger partial charge on any atom is -0.289 e. The van der Waals surface area contributed by atoms with Crippen LogP contribution in [0.1, 0.15) is 21.5 Å². The predicted molar refractivity (Wildman–Crippen MR) is 83.5 cm³/mol. The van der Waals surface area contributed by atoms with E-state index in [2.05, 4.69) is 0 Å². The van der Waals surface area contributed by atoms with Crippen LogP contribution in [0.15, 0.2) is 54.6 Å². The Labute approximate surface area is 136 Å². The maximum absolute atomic E-state index is 12.4. The number of benzene rings is 2. The third kappa shape index (κ3) is 4.90. The van der Waals surface area contributed by atoms with Crippen molar-refractivity contribution >= 4 is 35.9 Å². The lowest BCUT2D eigenvalue weighted by atomic mass is 10.1. The number of hydrogen-bond acceptors (Lipinski definition) is 1. The number of alkyl halides is 3. The Bertz CT molecular complexity index is 659. The molecule has 0 saturated carbocycles. The maximum Gasteiger partial charge on any atom is 0.416 e. The van der Waals surface area contributed by atoms with Crippen LogP contribution in [-0.4, -0.2) is 5.78 Å². The minimum absolute atomic E-state index is 0. The third-order valence-corrected chi connectivity index (χ3v) is 3.05. The van der Waals surface area contributed by atoms with Crippen molar-refractivity contribution in [1.82, 2.24) is 0 Å². The van der Waals surface area contributed by atoms with Crippen LogP contribution in [0, 0.1) is 0 Å². The highest BCUT2D eigenvalue weighted by Crippen LogP contribution is 2.29. The molecule has 2 aromatic rings. The molecule has 0 unspecified atom stereocenters. The second-order valence-electron chi connectivity index (χ2n) is 4.32. The van der Waals surface area contributed by atoms with Gasteiger partial charge >= 0.3 is 6.18 Å². The van der Waals surface area contributed by atoms with Crippen LogP contribution in [0.2, 0.25) is 5.02 Å². The zero-order valence-electron chi connectivity index (χ0n) is 11.1. The first kappa shape index (κ1) is 18.3. The first-order valence-electron chi connectivity index (χ1n) is 6.01. The molecule has 0 atom stereocenters. The molecule has 0 fully saturated rings. The van der Waals surface area contributed by atoms with Crippen molar-refractivity contribution in [2.45, 2.75) is 6.18 Å². The van der Waals surface area contributed by atoms with Crippen LogP contribution >= 0.6 is 24.0 Å². The molecule has 0 aliphatic heterocycles. The molecule has 1 nitrogen and oxygen atoms in total. The summed E-state index contributed by atoms with van der Waals surface area (Å²) in [7, 11) is 0. The fourth-order valence-corrected chi connectivity index (χ4v) is 1.79. The van der Waals surface area contributed by atoms with Crippen molar-refractivity contribution in [3.63, 3.8) is 0 Å². The molecule has 0 bridgehead atoms. The highest BCUT2D eigenvalue weighted by molar-refractivity contribution is 6.30. The van der Waals surface area contributed by atoms with Crippen molar-refractivity contribution in [3.8, 4) is 0 Å². The Kier molecular flexibility index (Phi) is 6.21. The lowest BCUT2D eigenvalue weighted by Crippen LogP contribution is -2.04. The first-order valence-corrected chi connectivity index (χ1v) is 6.39. The SMILES string of the molecule is Cl.O=C(C=Cc1ccc(C(F)(F)F)cc1)c1ccc(Cl)cc1. The van der Waals surface area contributed by atoms with E-state index in [1.165, 1.54) is 24.3 Å². The number of halogens is 5. The van der Waals surface area contributed by atoms with E-state index < -0.39 is 11.7 Å². The Hall–Kier alpha value is -1.78. The monoisotopic (exact) mass is 346 g/mol. The molecule has 22 heavy (non-hydrogen) atoms. The normalized spacial score (nSPS) is 11.3. The number of allylic oxidation sites excluding steroid dienone is 1. The molecule has 0 amide bonds. The Morgan fingerprint density at radius 1 is 0.955 bits per heavy atom. The molecular formula is C16H11Cl2F3O. The fourth-order valence-electron chi connectivity index (χ4n) is 1.67. The summed E-state index contributed by atoms with van der Waals surface area (Å²) < 4.78 is 37.2. The van der Waals surface area contributed by atoms with Crippen LogP contribution in [0.3, 0.4) is 0 Å². The van der Waals surface area contributed by atoms with Crippen molar-refractivity contribution in [2.24, 2.45) is 0 Å². The summed E-state index contributed by atoms with van der Waals surface area (Å²) in [5.74, 6) is -0.244. The number of carbonyl (C=O) groups excluding carboxylic acids is 1. The van der Waals surface area contributed by atoms with Crippen LogP contribution in [-0.2, 0) is 6.18 Å². The molecule has 6 heteroatoms. The van der Waals surface area contributed by atoms with Gasteiger partial charge in [0.25, 0.3) is 0 Å². The van der Waals surface area contributed by atoms with E-state index in [0.717, 1.165) is 12.1 Å². The lowest BCUT2D eigenvalue weighted by molar-refractivity contribution is -0.137. The van der Waals surface area contributed by atoms with Crippen LogP contribution in [0.25, 0.3) is 6.08 Å². The van der Waals surface area contributed by atoms with Gasteiger partial charge in [-0.3, -0.25) is 4.79 Å². The van der Waals surface area contributed by atoms with Crippen LogP contribution in [0.5, 0.6) is 0 Å². The summed E-state index contributed by atoms with van der Waals surface area (Å²) in [6, 6.07) is 11.0. The van der Waals surface area contributed by atoms with Gasteiger partial charge in [-0.25, -0.2) is 0 Å². The number of carbonyl (C=O) groups is 1. The predicted octanol–water partition coefficient (Wildman–Crippen LogP) is 5.68. The fraction of sp³-hybridized carbons (Fsp3) is 0.0625. The number of rotatable bonds is 3. The summed E-state index contributed by atoms with van der Waals surface area (Å²) in [5.41, 5.74) is 0.261. The zero-order chi connectivity index (χ0) is 15.5. The molecule has 0 aromatic heterocycles. The number of hydrogen-bond donors (Lipinski definition) is 0. The van der Waals surface area contributed by atoms with Gasteiger partial charge in [0.15, 0.2) is 5.78 Å². The topological polar surface area (TPSA) is 17.1 Å². The summed E-state index contributed by atoms with van der Waals surface area (Å²) in [4.78, 5) is 11.8. The summed E-state index contributed by atoms with van der Waals surface area (Å²) in [6.07, 6.45) is -1.58. The van der Waals surface area contributed by atoms with Gasteiger partial charge in [0.1, 0.15) is 0 Å². The molecule has 116 valence electrons. The van der Waals surface area contributed by atoms with Crippen molar-refractivity contribution < 1.29 is 18.0 Å². The molecule has 0 spiro atoms. The van der Waals surface area contributed by atoms with Crippen molar-refractivity contribution in [2.75, 3.05) is 0 Å². The van der Waals surface area contributed by atoms with Gasteiger partial charge in [0.05, 0.1) is 5.56 Å². The van der Waals surface area contributed by atoms with E-state index in [-0.39, 0.29) is 18.2 Å². The summed E-state index contributed by atoms with van der Waals surface area (Å²) >= 11 is 5.72. The number of ketones is 1. The molecule has 0 radical (unpaired) electrons. The third-order valence-electron chi connectivity index (χ3n) is 2.79. The molecule has 2 aromatic carbocycles. The molecule has 2 rings (SSSR count). The molecular weight excluding hydrogens is 336 g/mol. The average molecular weight is 347 g/mol. The molecule has 0 heterocycles. The van der Waals surface area contributed by atoms with E-state index in [0.29, 0.717) is 16.1 Å². The van der Waals surface area contributed by atoms with E-state index >= 15 is 0 Å². The largest absolute Gasteiger partial charge is 0.416 e. The maximum atomic E-state index is 12.4. The standard InChI is InChI=1S/C16H10ClF3O.ClH/c17-14-8-4-12(5-9-14)15(21)10-3-11-1-6-13(7-2-11)16(18,19)20;/h1-10H;1H. The second-order valence-corrected chi connectivity index (χ2v) is 4.76. The summed E-state index contributed by atoms with van der Waals surface area (Å²) in [5, 5.41) is 0.526. The van der Waals surface area contributed by atoms with Crippen molar-refractivity contribution in [3.05, 3.63) is 76.3 Å². The molecule has 0 saturated heterocycles. The minimum atomic E-state index is -4.36. The van der Waals surface area contributed by atoms with E-state index in [1.54, 1.807) is 24.3 Å². The van der Waals surface area contributed by atoms with Gasteiger partial charge in [0, 0.05) is 10.6 Å². The van der Waals surface area contributed by atoms with Crippen LogP contribution in [0.4, 0.5) is 13.2 Å². The van der Waals surface area contributed by atoms with Gasteiger partial charge in [-0.05, 0) is 48.0 Å². The molecule has 0 aliphatic rings. The second kappa shape index (κ2) is 7.47. The Balaban J connectivity index is 0.00000242. The van der Waals surface area contributed by atoms with Gasteiger partial charge in [0.2, 0.25) is 0 Å². The summed E-state index contributed by atoms with van der Waals surface area (Å²) in [6.45, 7) is 0. The molecule has 0 N–H and O–H groups in total. The first-order chi connectivity index (χ1) is 9.86. The lowest BCUT2D eigenvalue weighted by Gasteiger charge is -2.05. The van der Waals surface area contributed by atoms with E-state index in [4.69, 9.17) is 11.6 Å².